The highest BCUT2D eigenvalue weighted by molar-refractivity contribution is 8.00. The highest BCUT2D eigenvalue weighted by atomic mass is 35.5. The Morgan fingerprint density at radius 2 is 2.00 bits per heavy atom. The van der Waals surface area contributed by atoms with E-state index in [0.29, 0.717) is 22.0 Å². The summed E-state index contributed by atoms with van der Waals surface area (Å²) in [6.07, 6.45) is 0. The summed E-state index contributed by atoms with van der Waals surface area (Å²) in [4.78, 5) is 4.20. The van der Waals surface area contributed by atoms with E-state index < -0.39 is 0 Å². The number of thioether (sulfide) groups is 1. The van der Waals surface area contributed by atoms with Gasteiger partial charge in [0.2, 0.25) is 0 Å². The molecule has 1 heterocycles. The summed E-state index contributed by atoms with van der Waals surface area (Å²) >= 11 is 7.47. The van der Waals surface area contributed by atoms with Crippen LogP contribution in [0.1, 0.15) is 20.8 Å². The first-order valence-electron chi connectivity index (χ1n) is 4.59. The summed E-state index contributed by atoms with van der Waals surface area (Å²) in [6.45, 7) is 6.52. The van der Waals surface area contributed by atoms with Crippen molar-refractivity contribution in [3.05, 3.63) is 17.3 Å². The van der Waals surface area contributed by atoms with E-state index in [1.54, 1.807) is 23.9 Å². The molecule has 0 aliphatic carbocycles. The number of nitrogens with two attached hydrogens (primary N) is 1. The summed E-state index contributed by atoms with van der Waals surface area (Å²) in [7, 11) is 0. The molecule has 0 saturated heterocycles. The van der Waals surface area contributed by atoms with Crippen LogP contribution in [0.2, 0.25) is 5.15 Å². The quantitative estimate of drug-likeness (QED) is 0.639. The van der Waals surface area contributed by atoms with Gasteiger partial charge < -0.3 is 5.73 Å². The molecule has 0 aromatic carbocycles. The Morgan fingerprint density at radius 3 is 2.57 bits per heavy atom. The Bertz CT molecular complexity index is 315. The first kappa shape index (κ1) is 11.7. The monoisotopic (exact) mass is 230 g/mol. The van der Waals surface area contributed by atoms with Gasteiger partial charge >= 0.3 is 0 Å². The second-order valence-electron chi connectivity index (χ2n) is 3.60. The normalized spacial score (nSPS) is 13.2. The molecule has 0 aliphatic rings. The molecule has 2 N–H and O–H groups in total. The average molecular weight is 231 g/mol. The molecule has 1 aromatic heterocycles. The van der Waals surface area contributed by atoms with Crippen molar-refractivity contribution in [3.8, 4) is 0 Å². The van der Waals surface area contributed by atoms with E-state index in [4.69, 9.17) is 17.3 Å². The van der Waals surface area contributed by atoms with E-state index in [1.807, 2.05) is 0 Å². The number of aromatic nitrogens is 1. The fourth-order valence-corrected chi connectivity index (χ4v) is 2.01. The van der Waals surface area contributed by atoms with Crippen molar-refractivity contribution in [2.45, 2.75) is 31.0 Å². The topological polar surface area (TPSA) is 38.9 Å². The Kier molecular flexibility index (Phi) is 4.08. The molecule has 0 saturated carbocycles. The first-order valence-corrected chi connectivity index (χ1v) is 5.85. The molecule has 1 atom stereocenters. The van der Waals surface area contributed by atoms with E-state index in [2.05, 4.69) is 25.8 Å². The Hall–Kier alpha value is -0.410. The Morgan fingerprint density at radius 1 is 1.36 bits per heavy atom. The van der Waals surface area contributed by atoms with Gasteiger partial charge in [-0.25, -0.2) is 4.98 Å². The van der Waals surface area contributed by atoms with Gasteiger partial charge in [-0.2, -0.15) is 0 Å². The number of hydrogen-bond donors (Lipinski definition) is 1. The van der Waals surface area contributed by atoms with E-state index >= 15 is 0 Å². The minimum absolute atomic E-state index is 0.489. The zero-order chi connectivity index (χ0) is 10.7. The molecule has 78 valence electrons. The lowest BCUT2D eigenvalue weighted by Gasteiger charge is -2.15. The van der Waals surface area contributed by atoms with E-state index in [-0.39, 0.29) is 0 Å². The predicted molar refractivity (Wildman–Crippen MR) is 63.8 cm³/mol. The van der Waals surface area contributed by atoms with Crippen LogP contribution < -0.4 is 5.73 Å². The van der Waals surface area contributed by atoms with Crippen LogP contribution in [0.25, 0.3) is 0 Å². The first-order chi connectivity index (χ1) is 6.50. The van der Waals surface area contributed by atoms with Gasteiger partial charge in [-0.05, 0) is 18.1 Å². The molecule has 1 unspecified atom stereocenters. The zero-order valence-corrected chi connectivity index (χ0v) is 10.2. The average Bonchev–Trinajstić information content (AvgIpc) is 2.11. The lowest BCUT2D eigenvalue weighted by molar-refractivity contribution is 0.641. The number of pyridine rings is 1. The van der Waals surface area contributed by atoms with Crippen molar-refractivity contribution in [2.24, 2.45) is 5.92 Å². The van der Waals surface area contributed by atoms with E-state index in [0.717, 1.165) is 5.03 Å². The third kappa shape index (κ3) is 3.07. The standard InChI is InChI=1S/C10H15ClN2S/c1-6(2)7(3)14-10-8(12)4-5-9(11)13-10/h4-7H,12H2,1-3H3. The molecule has 0 spiro atoms. The van der Waals surface area contributed by atoms with Crippen LogP contribution in [0, 0.1) is 5.92 Å². The second kappa shape index (κ2) is 4.89. The molecule has 2 nitrogen and oxygen atoms in total. The van der Waals surface area contributed by atoms with Crippen LogP contribution in [0.3, 0.4) is 0 Å². The number of nitrogens with zero attached hydrogens (tertiary/aromatic N) is 1. The molecule has 0 radical (unpaired) electrons. The van der Waals surface area contributed by atoms with Crippen LogP contribution in [0.5, 0.6) is 0 Å². The highest BCUT2D eigenvalue weighted by Gasteiger charge is 2.12. The van der Waals surface area contributed by atoms with E-state index in [1.165, 1.54) is 0 Å². The fourth-order valence-electron chi connectivity index (χ4n) is 0.835. The Labute approximate surface area is 94.2 Å². The minimum Gasteiger partial charge on any atom is -0.397 e. The smallest absolute Gasteiger partial charge is 0.130 e. The summed E-state index contributed by atoms with van der Waals surface area (Å²) in [6, 6.07) is 3.51. The number of hydrogen-bond acceptors (Lipinski definition) is 3. The molecule has 14 heavy (non-hydrogen) atoms. The molecule has 0 amide bonds. The third-order valence-electron chi connectivity index (χ3n) is 2.09. The minimum atomic E-state index is 0.489. The summed E-state index contributed by atoms with van der Waals surface area (Å²) in [5, 5.41) is 1.82. The molecule has 0 fully saturated rings. The summed E-state index contributed by atoms with van der Waals surface area (Å²) in [5.41, 5.74) is 6.50. The maximum Gasteiger partial charge on any atom is 0.130 e. The van der Waals surface area contributed by atoms with Crippen molar-refractivity contribution in [1.82, 2.24) is 4.98 Å². The fraction of sp³-hybridized carbons (Fsp3) is 0.500. The van der Waals surface area contributed by atoms with Crippen LogP contribution in [-0.2, 0) is 0 Å². The molecule has 0 aliphatic heterocycles. The predicted octanol–water partition coefficient (Wildman–Crippen LogP) is 3.45. The van der Waals surface area contributed by atoms with Crippen molar-refractivity contribution >= 4 is 29.1 Å². The largest absolute Gasteiger partial charge is 0.397 e. The number of anilines is 1. The van der Waals surface area contributed by atoms with Crippen molar-refractivity contribution in [2.75, 3.05) is 5.73 Å². The maximum absolute atomic E-state index is 5.80. The van der Waals surface area contributed by atoms with Gasteiger partial charge in [0.25, 0.3) is 0 Å². The van der Waals surface area contributed by atoms with Gasteiger partial charge in [0.05, 0.1) is 5.69 Å². The van der Waals surface area contributed by atoms with Gasteiger partial charge in [0, 0.05) is 5.25 Å². The van der Waals surface area contributed by atoms with E-state index in [9.17, 15) is 0 Å². The molecule has 0 bridgehead atoms. The highest BCUT2D eigenvalue weighted by Crippen LogP contribution is 2.31. The lowest BCUT2D eigenvalue weighted by atomic mass is 10.2. The molecular formula is C10H15ClN2S. The second-order valence-corrected chi connectivity index (χ2v) is 5.35. The van der Waals surface area contributed by atoms with Crippen LogP contribution in [-0.4, -0.2) is 10.2 Å². The van der Waals surface area contributed by atoms with Gasteiger partial charge in [0.1, 0.15) is 10.2 Å². The maximum atomic E-state index is 5.80. The van der Waals surface area contributed by atoms with Crippen molar-refractivity contribution < 1.29 is 0 Å². The number of halogens is 1. The molecule has 1 rings (SSSR count). The summed E-state index contributed by atoms with van der Waals surface area (Å²) in [5.74, 6) is 0.597. The van der Waals surface area contributed by atoms with Gasteiger partial charge in [-0.1, -0.05) is 32.4 Å². The third-order valence-corrected chi connectivity index (χ3v) is 3.77. The number of nitrogen functional groups attached to an aromatic ring is 1. The molecular weight excluding hydrogens is 216 g/mol. The van der Waals surface area contributed by atoms with Crippen LogP contribution in [0.4, 0.5) is 5.69 Å². The van der Waals surface area contributed by atoms with Crippen LogP contribution in [0.15, 0.2) is 17.2 Å². The van der Waals surface area contributed by atoms with Crippen molar-refractivity contribution in [1.29, 1.82) is 0 Å². The van der Waals surface area contributed by atoms with Gasteiger partial charge in [-0.3, -0.25) is 0 Å². The van der Waals surface area contributed by atoms with Gasteiger partial charge in [0.15, 0.2) is 0 Å². The SMILES string of the molecule is CC(C)C(C)Sc1nc(Cl)ccc1N. The Balaban J connectivity index is 2.80. The molecule has 1 aromatic rings. The van der Waals surface area contributed by atoms with Crippen molar-refractivity contribution in [3.63, 3.8) is 0 Å². The molecule has 4 heteroatoms. The van der Waals surface area contributed by atoms with Crippen LogP contribution >= 0.6 is 23.4 Å². The lowest BCUT2D eigenvalue weighted by Crippen LogP contribution is -2.06. The van der Waals surface area contributed by atoms with Gasteiger partial charge in [-0.15, -0.1) is 11.8 Å². The number of rotatable bonds is 3. The summed E-state index contributed by atoms with van der Waals surface area (Å²) < 4.78 is 0. The zero-order valence-electron chi connectivity index (χ0n) is 8.62.